The zero-order valence-electron chi connectivity index (χ0n) is 5.79. The molecule has 3 N–H and O–H groups in total. The van der Waals surface area contributed by atoms with Crippen LogP contribution < -0.4 is 5.73 Å². The predicted octanol–water partition coefficient (Wildman–Crippen LogP) is 0.302. The van der Waals surface area contributed by atoms with Gasteiger partial charge in [0.1, 0.15) is 5.84 Å². The van der Waals surface area contributed by atoms with Crippen LogP contribution in [0.15, 0.2) is 5.16 Å². The Morgan fingerprint density at radius 2 is 2.60 bits per heavy atom. The monoisotopic (exact) mass is 144 g/mol. The predicted molar refractivity (Wildman–Crippen MR) is 37.0 cm³/mol. The lowest BCUT2D eigenvalue weighted by Crippen LogP contribution is -2.19. The fraction of sp³-hybridized carbons (Fsp3) is 0.833. The maximum Gasteiger partial charge on any atom is 0.141 e. The molecule has 0 radical (unpaired) electrons. The lowest BCUT2D eigenvalue weighted by Gasteiger charge is -2.05. The normalized spacial score (nSPS) is 27.2. The maximum atomic E-state index is 8.20. The summed E-state index contributed by atoms with van der Waals surface area (Å²) in [6, 6.07) is 0. The van der Waals surface area contributed by atoms with E-state index in [9.17, 15) is 0 Å². The highest BCUT2D eigenvalue weighted by molar-refractivity contribution is 5.80. The van der Waals surface area contributed by atoms with Crippen LogP contribution in [0.2, 0.25) is 0 Å². The van der Waals surface area contributed by atoms with Crippen molar-refractivity contribution < 1.29 is 9.94 Å². The van der Waals surface area contributed by atoms with E-state index >= 15 is 0 Å². The Labute approximate surface area is 59.7 Å². The Morgan fingerprint density at radius 3 is 3.10 bits per heavy atom. The van der Waals surface area contributed by atoms with Crippen molar-refractivity contribution in [3.05, 3.63) is 0 Å². The number of nitrogens with zero attached hydrogens (tertiary/aromatic N) is 1. The fourth-order valence-electron chi connectivity index (χ4n) is 1.08. The second kappa shape index (κ2) is 3.41. The third kappa shape index (κ3) is 1.88. The molecule has 0 spiro atoms. The van der Waals surface area contributed by atoms with Crippen molar-refractivity contribution in [1.29, 1.82) is 0 Å². The van der Waals surface area contributed by atoms with E-state index in [1.807, 2.05) is 0 Å². The van der Waals surface area contributed by atoms with Crippen molar-refractivity contribution >= 4 is 5.84 Å². The van der Waals surface area contributed by atoms with Gasteiger partial charge >= 0.3 is 0 Å². The first-order valence-electron chi connectivity index (χ1n) is 3.41. The second-order valence-electron chi connectivity index (χ2n) is 2.43. The molecule has 0 amide bonds. The summed E-state index contributed by atoms with van der Waals surface area (Å²) >= 11 is 0. The molecule has 0 aliphatic carbocycles. The summed E-state index contributed by atoms with van der Waals surface area (Å²) in [5.41, 5.74) is 5.27. The molecule has 1 aliphatic rings. The molecule has 0 aromatic rings. The number of oxime groups is 1. The van der Waals surface area contributed by atoms with E-state index in [4.69, 9.17) is 15.7 Å². The highest BCUT2D eigenvalue weighted by Crippen LogP contribution is 2.14. The van der Waals surface area contributed by atoms with E-state index in [2.05, 4.69) is 5.16 Å². The Hall–Kier alpha value is -0.770. The van der Waals surface area contributed by atoms with Crippen LogP contribution in [-0.4, -0.2) is 23.8 Å². The third-order valence-corrected chi connectivity index (χ3v) is 1.59. The van der Waals surface area contributed by atoms with Crippen LogP contribution in [0.25, 0.3) is 0 Å². The minimum atomic E-state index is 0.177. The minimum Gasteiger partial charge on any atom is -0.409 e. The van der Waals surface area contributed by atoms with Crippen LogP contribution in [0, 0.1) is 0 Å². The molecule has 4 heteroatoms. The highest BCUT2D eigenvalue weighted by Gasteiger charge is 2.16. The van der Waals surface area contributed by atoms with Crippen LogP contribution in [0.5, 0.6) is 0 Å². The molecule has 1 unspecified atom stereocenters. The molecule has 1 fully saturated rings. The second-order valence-corrected chi connectivity index (χ2v) is 2.43. The average Bonchev–Trinajstić information content (AvgIpc) is 2.40. The zero-order valence-corrected chi connectivity index (χ0v) is 5.79. The first kappa shape index (κ1) is 7.34. The van der Waals surface area contributed by atoms with Crippen LogP contribution >= 0.6 is 0 Å². The molecular weight excluding hydrogens is 132 g/mol. The molecule has 1 aliphatic heterocycles. The van der Waals surface area contributed by atoms with Crippen molar-refractivity contribution in [2.45, 2.75) is 25.4 Å². The van der Waals surface area contributed by atoms with Gasteiger partial charge in [-0.05, 0) is 12.8 Å². The van der Waals surface area contributed by atoms with Crippen LogP contribution in [0.1, 0.15) is 19.3 Å². The van der Waals surface area contributed by atoms with Gasteiger partial charge < -0.3 is 15.7 Å². The zero-order chi connectivity index (χ0) is 7.40. The van der Waals surface area contributed by atoms with Gasteiger partial charge in [0.2, 0.25) is 0 Å². The minimum absolute atomic E-state index is 0.177. The topological polar surface area (TPSA) is 67.8 Å². The van der Waals surface area contributed by atoms with Gasteiger partial charge in [0.05, 0.1) is 6.10 Å². The van der Waals surface area contributed by atoms with Crippen LogP contribution in [-0.2, 0) is 4.74 Å². The maximum absolute atomic E-state index is 8.20. The highest BCUT2D eigenvalue weighted by atomic mass is 16.5. The SMILES string of the molecule is N/C(CC1CCCO1)=N/O. The van der Waals surface area contributed by atoms with Crippen LogP contribution in [0.3, 0.4) is 0 Å². The van der Waals surface area contributed by atoms with Crippen molar-refractivity contribution in [3.63, 3.8) is 0 Å². The number of ether oxygens (including phenoxy) is 1. The van der Waals surface area contributed by atoms with Crippen LogP contribution in [0.4, 0.5) is 0 Å². The summed E-state index contributed by atoms with van der Waals surface area (Å²) in [6.07, 6.45) is 2.84. The molecule has 1 saturated heterocycles. The molecule has 10 heavy (non-hydrogen) atoms. The van der Waals surface area contributed by atoms with Gasteiger partial charge in [0.25, 0.3) is 0 Å². The van der Waals surface area contributed by atoms with Gasteiger partial charge in [-0.3, -0.25) is 0 Å². The Bertz CT molecular complexity index is 130. The van der Waals surface area contributed by atoms with Crippen molar-refractivity contribution in [2.75, 3.05) is 6.61 Å². The Morgan fingerprint density at radius 1 is 1.80 bits per heavy atom. The number of rotatable bonds is 2. The van der Waals surface area contributed by atoms with E-state index in [0.29, 0.717) is 6.42 Å². The summed E-state index contributed by atoms with van der Waals surface area (Å²) < 4.78 is 5.25. The lowest BCUT2D eigenvalue weighted by molar-refractivity contribution is 0.115. The van der Waals surface area contributed by atoms with Gasteiger partial charge in [0, 0.05) is 13.0 Å². The molecule has 0 bridgehead atoms. The molecule has 0 aromatic carbocycles. The van der Waals surface area contributed by atoms with Crippen molar-refractivity contribution in [2.24, 2.45) is 10.9 Å². The fourth-order valence-corrected chi connectivity index (χ4v) is 1.08. The Kier molecular flexibility index (Phi) is 2.50. The molecule has 58 valence electrons. The van der Waals surface area contributed by atoms with Gasteiger partial charge in [0.15, 0.2) is 0 Å². The molecule has 1 rings (SSSR count). The first-order chi connectivity index (χ1) is 4.83. The molecule has 0 saturated carbocycles. The average molecular weight is 144 g/mol. The van der Waals surface area contributed by atoms with E-state index in [1.54, 1.807) is 0 Å². The summed E-state index contributed by atoms with van der Waals surface area (Å²) in [4.78, 5) is 0. The van der Waals surface area contributed by atoms with Gasteiger partial charge in [-0.1, -0.05) is 5.16 Å². The number of nitrogens with two attached hydrogens (primary N) is 1. The first-order valence-corrected chi connectivity index (χ1v) is 3.41. The van der Waals surface area contributed by atoms with Gasteiger partial charge in [-0.25, -0.2) is 0 Å². The largest absolute Gasteiger partial charge is 0.409 e. The lowest BCUT2D eigenvalue weighted by atomic mass is 10.2. The van der Waals surface area contributed by atoms with E-state index < -0.39 is 0 Å². The van der Waals surface area contributed by atoms with E-state index in [1.165, 1.54) is 0 Å². The number of amidine groups is 1. The third-order valence-electron chi connectivity index (χ3n) is 1.59. The molecule has 1 heterocycles. The number of hydrogen-bond donors (Lipinski definition) is 2. The summed E-state index contributed by atoms with van der Waals surface area (Å²) in [7, 11) is 0. The molecule has 4 nitrogen and oxygen atoms in total. The van der Waals surface area contributed by atoms with E-state index in [-0.39, 0.29) is 11.9 Å². The van der Waals surface area contributed by atoms with Gasteiger partial charge in [-0.2, -0.15) is 0 Å². The molecule has 0 aromatic heterocycles. The smallest absolute Gasteiger partial charge is 0.141 e. The summed E-state index contributed by atoms with van der Waals surface area (Å²) in [5, 5.41) is 11.1. The summed E-state index contributed by atoms with van der Waals surface area (Å²) in [6.45, 7) is 0.809. The quantitative estimate of drug-likeness (QED) is 0.253. The standard InChI is InChI=1S/C6H12N2O2/c7-6(8-9)4-5-2-1-3-10-5/h5,9H,1-4H2,(H2,7,8). The van der Waals surface area contributed by atoms with E-state index in [0.717, 1.165) is 19.4 Å². The molecular formula is C6H12N2O2. The van der Waals surface area contributed by atoms with Crippen molar-refractivity contribution in [3.8, 4) is 0 Å². The van der Waals surface area contributed by atoms with Gasteiger partial charge in [-0.15, -0.1) is 0 Å². The molecule has 1 atom stereocenters. The Balaban J connectivity index is 2.24. The number of hydrogen-bond acceptors (Lipinski definition) is 3. The van der Waals surface area contributed by atoms with Crippen molar-refractivity contribution in [1.82, 2.24) is 0 Å². The summed E-state index contributed by atoms with van der Waals surface area (Å²) in [5.74, 6) is 0.256.